The van der Waals surface area contributed by atoms with E-state index >= 15 is 0 Å². The predicted molar refractivity (Wildman–Crippen MR) is 338 cm³/mol. The van der Waals surface area contributed by atoms with E-state index in [2.05, 4.69) is 0 Å². The van der Waals surface area contributed by atoms with Gasteiger partial charge in [-0.25, -0.2) is 0 Å². The summed E-state index contributed by atoms with van der Waals surface area (Å²) in [5, 5.41) is 0. The fourth-order valence-corrected chi connectivity index (χ4v) is 15.4. The molecule has 104 heavy (non-hydrogen) atoms. The quantitative estimate of drug-likeness (QED) is 0.0622. The molecule has 37 nitrogen and oxygen atoms in total. The van der Waals surface area contributed by atoms with E-state index in [0.29, 0.717) is 0 Å². The van der Waals surface area contributed by atoms with Crippen molar-refractivity contribution in [1.82, 2.24) is 0 Å². The molecule has 21 rings (SSSR count). The number of halogens is 3. The minimum Gasteiger partial charge on any atom is -0.382 e. The number of rotatable bonds is 29. The van der Waals surface area contributed by atoms with Crippen molar-refractivity contribution in [3.63, 3.8) is 0 Å². The van der Waals surface area contributed by atoms with Crippen molar-refractivity contribution in [2.75, 3.05) is 188 Å². The average Bonchev–Trinajstić information content (AvgIpc) is 0.757. The van der Waals surface area contributed by atoms with Gasteiger partial charge in [-0.2, -0.15) is 21.6 Å². The van der Waals surface area contributed by atoms with Crippen LogP contribution in [-0.4, -0.2) is 417 Å². The van der Waals surface area contributed by atoms with Crippen LogP contribution in [0.3, 0.4) is 0 Å². The van der Waals surface area contributed by atoms with Gasteiger partial charge < -0.3 is 161 Å². The first-order chi connectivity index (χ1) is 50.1. The van der Waals surface area contributed by atoms with Gasteiger partial charge in [0.15, 0.2) is 44.0 Å². The van der Waals surface area contributed by atoms with Crippen LogP contribution in [0.2, 0.25) is 0 Å². The molecule has 41 heteroatoms. The van der Waals surface area contributed by atoms with Gasteiger partial charge in [0.1, 0.15) is 171 Å². The summed E-state index contributed by atoms with van der Waals surface area (Å²) in [7, 11) is 21.7. The summed E-state index contributed by atoms with van der Waals surface area (Å²) < 4.78 is 290. The summed E-state index contributed by atoms with van der Waals surface area (Å²) in [6.07, 6.45) is -43.6. The molecule has 0 aromatic heterocycles. The highest BCUT2D eigenvalue weighted by atomic mass is 32.2. The summed E-state index contributed by atoms with van der Waals surface area (Å²) in [6, 6.07) is 0. The summed E-state index contributed by atoms with van der Waals surface area (Å²) in [5.74, 6) is 0. The maximum Gasteiger partial charge on any atom is 0.523 e. The number of ether oxygens (including phenoxy) is 34. The highest BCUT2D eigenvalue weighted by Crippen LogP contribution is 2.44. The van der Waals surface area contributed by atoms with Crippen molar-refractivity contribution < 1.29 is 187 Å². The van der Waals surface area contributed by atoms with Crippen molar-refractivity contribution in [3.05, 3.63) is 0 Å². The Hall–Kier alpha value is -1.66. The van der Waals surface area contributed by atoms with E-state index in [1.54, 1.807) is 0 Å². The first-order valence-electron chi connectivity index (χ1n) is 33.5. The Morgan fingerprint density at radius 3 is 0.471 bits per heavy atom. The number of methoxy groups -OCH3 is 20. The second kappa shape index (κ2) is 41.2. The lowest BCUT2D eigenvalue weighted by molar-refractivity contribution is -0.402. The first kappa shape index (κ1) is 87.9. The van der Waals surface area contributed by atoms with E-state index < -0.39 is 237 Å². The molecule has 0 amide bonds. The van der Waals surface area contributed by atoms with Crippen LogP contribution in [0.5, 0.6) is 0 Å². The van der Waals surface area contributed by atoms with Crippen LogP contribution in [0.25, 0.3) is 0 Å². The van der Waals surface area contributed by atoms with Crippen molar-refractivity contribution in [1.29, 1.82) is 0 Å². The summed E-state index contributed by atoms with van der Waals surface area (Å²) in [5.41, 5.74) is -5.90. The molecule has 21 heterocycles. The van der Waals surface area contributed by atoms with Crippen LogP contribution in [-0.2, 0) is 175 Å². The molecule has 21 aliphatic heterocycles. The number of hydrogen-bond acceptors (Lipinski definition) is 37. The molecule has 21 fully saturated rings. The van der Waals surface area contributed by atoms with Crippen molar-refractivity contribution in [2.24, 2.45) is 0 Å². The molecule has 0 aromatic rings. The maximum absolute atomic E-state index is 14.2. The molecule has 35 atom stereocenters. The molecule has 21 aliphatic rings. The second-order valence-electron chi connectivity index (χ2n) is 25.2. The van der Waals surface area contributed by atoms with Gasteiger partial charge in [-0.3, -0.25) is 4.18 Å². The molecular weight excluding hydrogens is 1440 g/mol. The van der Waals surface area contributed by atoms with Gasteiger partial charge >= 0.3 is 15.6 Å². The molecule has 0 unspecified atom stereocenters. The van der Waals surface area contributed by atoms with E-state index in [0.717, 1.165) is 0 Å². The Morgan fingerprint density at radius 1 is 0.221 bits per heavy atom. The maximum atomic E-state index is 14.2. The SMILES string of the molecule is COC[C@H]1O[C@@H]2O[C@H]3[C@H](OC)[C@@H](OC)[C@@H](O[C@H]4[C@H](OC)[C@@H](OC)[C@@H](O[C@H]5[C@H](OC)[C@@H](OC)[C@@H](O[C@H]6[C@H](OC)[C@@H](OC)[C@@H](O[C@H]7[C@H](OC)[C@@H](OC)[C@@H](O[C@H]8[C@H](OC)[C@@H](OC)[C@@H](O[C@H]1[C@H](OC)[C@H]2OC)O[C@@H]8COC)O[C@@H]7COC)O[C@@H]6COC)O[C@@H]5COS(=O)(=O)C(F)(F)F)O[C@@H]4COC)O[C@@H]3COC. The molecule has 21 saturated heterocycles. The fraction of sp³-hybridized carbons (Fsp3) is 1.00. The minimum atomic E-state index is -6.33. The van der Waals surface area contributed by atoms with Gasteiger partial charge in [-0.05, 0) is 0 Å². The van der Waals surface area contributed by atoms with Gasteiger partial charge in [0, 0.05) is 142 Å². The summed E-state index contributed by atoms with van der Waals surface area (Å²) >= 11 is 0. The molecule has 0 radical (unpaired) electrons. The Morgan fingerprint density at radius 2 is 0.356 bits per heavy atom. The smallest absolute Gasteiger partial charge is 0.382 e. The molecule has 610 valence electrons. The third-order valence-corrected chi connectivity index (χ3v) is 20.7. The highest BCUT2D eigenvalue weighted by Gasteiger charge is 2.63. The van der Waals surface area contributed by atoms with E-state index in [1.807, 2.05) is 0 Å². The van der Waals surface area contributed by atoms with Gasteiger partial charge in [0.25, 0.3) is 0 Å². The van der Waals surface area contributed by atoms with Crippen LogP contribution < -0.4 is 0 Å². The zero-order valence-electron chi connectivity index (χ0n) is 62.3. The van der Waals surface area contributed by atoms with Gasteiger partial charge in [0.2, 0.25) is 0 Å². The third-order valence-electron chi connectivity index (χ3n) is 19.6. The lowest BCUT2D eigenvalue weighted by atomic mass is 9.94. The summed E-state index contributed by atoms with van der Waals surface area (Å²) in [4.78, 5) is 0. The number of alkyl halides is 3. The predicted octanol–water partition coefficient (Wildman–Crippen LogP) is -1.27. The average molecular weight is 1550 g/mol. The van der Waals surface area contributed by atoms with E-state index in [1.165, 1.54) is 142 Å². The largest absolute Gasteiger partial charge is 0.523 e. The minimum absolute atomic E-state index is 0.100. The van der Waals surface area contributed by atoms with E-state index in [-0.39, 0.29) is 39.6 Å². The van der Waals surface area contributed by atoms with E-state index in [4.69, 9.17) is 165 Å². The Labute approximate surface area is 604 Å². The lowest BCUT2D eigenvalue weighted by Gasteiger charge is -2.52. The monoisotopic (exact) mass is 1550 g/mol. The molecule has 0 aromatic carbocycles. The van der Waals surface area contributed by atoms with Crippen molar-refractivity contribution >= 4 is 10.1 Å². The topological polar surface area (TPSA) is 357 Å². The molecule has 0 saturated carbocycles. The van der Waals surface area contributed by atoms with Crippen LogP contribution >= 0.6 is 0 Å². The first-order valence-corrected chi connectivity index (χ1v) is 35.0. The van der Waals surface area contributed by atoms with Crippen LogP contribution in [0.15, 0.2) is 0 Å². The van der Waals surface area contributed by atoms with Crippen molar-refractivity contribution in [2.45, 2.75) is 220 Å². The Kier molecular flexibility index (Phi) is 34.8. The normalized spacial score (nSPS) is 44.4. The zero-order valence-corrected chi connectivity index (χ0v) is 63.1. The van der Waals surface area contributed by atoms with E-state index in [9.17, 15) is 21.6 Å². The zero-order chi connectivity index (χ0) is 75.9. The molecule has 0 N–H and O–H groups in total. The lowest BCUT2D eigenvalue weighted by Crippen LogP contribution is -2.69. The van der Waals surface area contributed by atoms with Gasteiger partial charge in [0.05, 0.1) is 46.2 Å². The molecule has 0 spiro atoms. The Balaban J connectivity index is 1.26. The standard InChI is InChI=1S/C63H109F3O37S/c1-69-21-28-35-42(75-7)50(83-15)57(91-28)99-37-30(23-71-3)93-59(52(85-17)44(37)77-9)101-39-32(25-73-5)95-61(54(87-19)46(39)79-11)103-41-34(27-89-104(67,68)63(64,65)66)96-62(55(88-20)48(41)81-13)102-40-33(26-74-6)94-60(53(86-18)47(40)80-12)100-38-31(24-72-4)92-58(51(84-16)45(38)78-10)98-36-29(22-70-2)90-56(97-35)49(82-14)43(36)76-8/h28-62H,21-27H2,1-20H3/t28-,29-,30-,31-,32-,33-,34-,35-,36-,37-,38-,39-,40-,41-,42+,43+,44+,45+,46+,47+,48+,49-,50-,51-,52-,53-,54-,55-,56-,57-,58-,59-,60-,61-,62-/m1/s1. The van der Waals surface area contributed by atoms with Crippen LogP contribution in [0, 0.1) is 0 Å². The van der Waals surface area contributed by atoms with Crippen molar-refractivity contribution in [3.8, 4) is 0 Å². The van der Waals surface area contributed by atoms with Crippen LogP contribution in [0.4, 0.5) is 13.2 Å². The Bertz CT molecular complexity index is 2550. The van der Waals surface area contributed by atoms with Gasteiger partial charge in [-0.1, -0.05) is 0 Å². The van der Waals surface area contributed by atoms with Crippen LogP contribution in [0.1, 0.15) is 0 Å². The summed E-state index contributed by atoms with van der Waals surface area (Å²) in [6.45, 7) is -2.36. The fourth-order valence-electron chi connectivity index (χ4n) is 14.9. The second-order valence-corrected chi connectivity index (χ2v) is 26.8. The molecule has 14 bridgehead atoms. The number of hydrogen-bond donors (Lipinski definition) is 0. The molecule has 0 aliphatic carbocycles. The third kappa shape index (κ3) is 19.2. The molecular formula is C63H109F3O37S. The highest BCUT2D eigenvalue weighted by molar-refractivity contribution is 7.87. The van der Waals surface area contributed by atoms with Gasteiger partial charge in [-0.15, -0.1) is 0 Å².